The van der Waals surface area contributed by atoms with Crippen LogP contribution < -0.4 is 9.30 Å². The molecule has 1 N–H and O–H groups in total. The summed E-state index contributed by atoms with van der Waals surface area (Å²) in [5, 5.41) is 0. The summed E-state index contributed by atoms with van der Waals surface area (Å²) in [5.74, 6) is 1.86. The first kappa shape index (κ1) is 17.5. The molecular formula is C20H25N2O3+. The van der Waals surface area contributed by atoms with Crippen molar-refractivity contribution in [3.8, 4) is 17.1 Å². The minimum absolute atomic E-state index is 0.281. The van der Waals surface area contributed by atoms with Crippen molar-refractivity contribution in [2.45, 2.75) is 26.7 Å². The zero-order chi connectivity index (χ0) is 17.6. The van der Waals surface area contributed by atoms with Crippen molar-refractivity contribution < 1.29 is 18.8 Å². The van der Waals surface area contributed by atoms with Gasteiger partial charge in [-0.1, -0.05) is 12.1 Å². The van der Waals surface area contributed by atoms with Gasteiger partial charge in [-0.25, -0.2) is 9.55 Å². The fourth-order valence-corrected chi connectivity index (χ4v) is 2.97. The van der Waals surface area contributed by atoms with Crippen LogP contribution in [0.25, 0.3) is 22.4 Å². The standard InChI is InChI=1S/C20H24N2O3/c1-4-24-19(25-5-2)14-22-18-9-7-6-8-17(18)21-20(22)15-10-12-16(23-3)13-11-15/h6-13,19H,4-5,14H2,1-3H3/p+1. The highest BCUT2D eigenvalue weighted by Crippen LogP contribution is 2.22. The molecule has 0 saturated heterocycles. The molecule has 0 aliphatic heterocycles. The first-order valence-corrected chi connectivity index (χ1v) is 8.65. The van der Waals surface area contributed by atoms with Crippen LogP contribution in [-0.4, -0.2) is 31.6 Å². The highest BCUT2D eigenvalue weighted by atomic mass is 16.7. The fourth-order valence-electron chi connectivity index (χ4n) is 2.97. The van der Waals surface area contributed by atoms with Crippen molar-refractivity contribution in [1.82, 2.24) is 4.98 Å². The highest BCUT2D eigenvalue weighted by molar-refractivity contribution is 5.74. The maximum atomic E-state index is 5.76. The Balaban J connectivity index is 2.04. The van der Waals surface area contributed by atoms with Gasteiger partial charge in [0.1, 0.15) is 12.3 Å². The van der Waals surface area contributed by atoms with Gasteiger partial charge >= 0.3 is 0 Å². The van der Waals surface area contributed by atoms with Gasteiger partial charge in [0, 0.05) is 13.2 Å². The Labute approximate surface area is 148 Å². The number of ether oxygens (including phenoxy) is 3. The SMILES string of the molecule is CCOC(C[n+]1c(-c2ccc(OC)cc2)[nH]c2ccccc21)OCC. The van der Waals surface area contributed by atoms with E-state index in [4.69, 9.17) is 14.2 Å². The number of methoxy groups -OCH3 is 1. The molecule has 2 aromatic carbocycles. The molecule has 0 amide bonds. The molecule has 132 valence electrons. The predicted octanol–water partition coefficient (Wildman–Crippen LogP) is 3.53. The van der Waals surface area contributed by atoms with Gasteiger partial charge in [-0.05, 0) is 50.2 Å². The maximum Gasteiger partial charge on any atom is 0.287 e. The number of aromatic amines is 1. The third-order valence-corrected chi connectivity index (χ3v) is 4.12. The normalized spacial score (nSPS) is 11.4. The Morgan fingerprint density at radius 2 is 1.64 bits per heavy atom. The molecule has 3 aromatic rings. The van der Waals surface area contributed by atoms with Crippen molar-refractivity contribution >= 4 is 11.0 Å². The second-order valence-electron chi connectivity index (χ2n) is 5.67. The molecule has 0 aliphatic rings. The van der Waals surface area contributed by atoms with E-state index in [0.717, 1.165) is 28.2 Å². The van der Waals surface area contributed by atoms with Crippen LogP contribution in [-0.2, 0) is 16.0 Å². The second kappa shape index (κ2) is 8.14. The van der Waals surface area contributed by atoms with Crippen LogP contribution >= 0.6 is 0 Å². The Bertz CT molecular complexity index is 805. The highest BCUT2D eigenvalue weighted by Gasteiger charge is 2.23. The van der Waals surface area contributed by atoms with Crippen molar-refractivity contribution in [2.75, 3.05) is 20.3 Å². The summed E-state index contributed by atoms with van der Waals surface area (Å²) in [6, 6.07) is 16.3. The Morgan fingerprint density at radius 1 is 0.960 bits per heavy atom. The summed E-state index contributed by atoms with van der Waals surface area (Å²) in [7, 11) is 1.67. The van der Waals surface area contributed by atoms with E-state index in [0.29, 0.717) is 19.8 Å². The van der Waals surface area contributed by atoms with Crippen molar-refractivity contribution in [2.24, 2.45) is 0 Å². The largest absolute Gasteiger partial charge is 0.497 e. The monoisotopic (exact) mass is 341 g/mol. The number of nitrogens with zero attached hydrogens (tertiary/aromatic N) is 1. The van der Waals surface area contributed by atoms with E-state index >= 15 is 0 Å². The first-order chi connectivity index (χ1) is 12.3. The minimum atomic E-state index is -0.281. The van der Waals surface area contributed by atoms with Gasteiger partial charge in [0.2, 0.25) is 0 Å². The average Bonchev–Trinajstić information content (AvgIpc) is 3.01. The lowest BCUT2D eigenvalue weighted by atomic mass is 10.2. The van der Waals surface area contributed by atoms with Crippen LogP contribution in [0.4, 0.5) is 0 Å². The summed E-state index contributed by atoms with van der Waals surface area (Å²) in [5.41, 5.74) is 3.29. The number of hydrogen-bond donors (Lipinski definition) is 1. The number of imidazole rings is 1. The molecule has 5 nitrogen and oxygen atoms in total. The smallest absolute Gasteiger partial charge is 0.287 e. The molecule has 0 atom stereocenters. The van der Waals surface area contributed by atoms with E-state index in [-0.39, 0.29) is 6.29 Å². The lowest BCUT2D eigenvalue weighted by molar-refractivity contribution is -0.676. The van der Waals surface area contributed by atoms with E-state index in [2.05, 4.69) is 33.8 Å². The number of para-hydroxylation sites is 2. The number of benzene rings is 2. The van der Waals surface area contributed by atoms with Crippen LogP contribution in [0.5, 0.6) is 5.75 Å². The molecule has 5 heteroatoms. The predicted molar refractivity (Wildman–Crippen MR) is 97.5 cm³/mol. The van der Waals surface area contributed by atoms with Gasteiger partial charge in [-0.3, -0.25) is 0 Å². The molecule has 0 saturated carbocycles. The van der Waals surface area contributed by atoms with E-state index in [1.165, 1.54) is 0 Å². The van der Waals surface area contributed by atoms with Crippen molar-refractivity contribution in [3.63, 3.8) is 0 Å². The third kappa shape index (κ3) is 3.83. The average molecular weight is 341 g/mol. The number of rotatable bonds is 8. The van der Waals surface area contributed by atoms with Gasteiger partial charge < -0.3 is 14.2 Å². The molecule has 25 heavy (non-hydrogen) atoms. The number of fused-ring (bicyclic) bond motifs is 1. The third-order valence-electron chi connectivity index (χ3n) is 4.12. The lowest BCUT2D eigenvalue weighted by Crippen LogP contribution is -2.43. The molecule has 3 rings (SSSR count). The fraction of sp³-hybridized carbons (Fsp3) is 0.350. The zero-order valence-corrected chi connectivity index (χ0v) is 15.0. The van der Waals surface area contributed by atoms with Crippen molar-refractivity contribution in [1.29, 1.82) is 0 Å². The molecule has 0 unspecified atom stereocenters. The van der Waals surface area contributed by atoms with Crippen LogP contribution in [0.3, 0.4) is 0 Å². The molecule has 1 aromatic heterocycles. The summed E-state index contributed by atoms with van der Waals surface area (Å²) in [6.45, 7) is 5.82. The van der Waals surface area contributed by atoms with Gasteiger partial charge in [0.25, 0.3) is 5.82 Å². The summed E-state index contributed by atoms with van der Waals surface area (Å²) >= 11 is 0. The summed E-state index contributed by atoms with van der Waals surface area (Å²) in [6.07, 6.45) is -0.281. The van der Waals surface area contributed by atoms with Gasteiger partial charge in [-0.15, -0.1) is 0 Å². The number of H-pyrrole nitrogens is 1. The van der Waals surface area contributed by atoms with Crippen LogP contribution in [0, 0.1) is 0 Å². The summed E-state index contributed by atoms with van der Waals surface area (Å²) < 4.78 is 19.0. The van der Waals surface area contributed by atoms with E-state index in [9.17, 15) is 0 Å². The van der Waals surface area contributed by atoms with E-state index < -0.39 is 0 Å². The van der Waals surface area contributed by atoms with Gasteiger partial charge in [0.05, 0.1) is 12.7 Å². The quantitative estimate of drug-likeness (QED) is 0.504. The molecule has 0 fully saturated rings. The summed E-state index contributed by atoms with van der Waals surface area (Å²) in [4.78, 5) is 3.52. The van der Waals surface area contributed by atoms with Crippen LogP contribution in [0.15, 0.2) is 48.5 Å². The molecule has 1 heterocycles. The minimum Gasteiger partial charge on any atom is -0.497 e. The zero-order valence-electron chi connectivity index (χ0n) is 15.0. The first-order valence-electron chi connectivity index (χ1n) is 8.65. The van der Waals surface area contributed by atoms with Crippen molar-refractivity contribution in [3.05, 3.63) is 48.5 Å². The van der Waals surface area contributed by atoms with Gasteiger partial charge in [0.15, 0.2) is 17.3 Å². The number of hydrogen-bond acceptors (Lipinski definition) is 3. The van der Waals surface area contributed by atoms with Crippen LogP contribution in [0.1, 0.15) is 13.8 Å². The molecular weight excluding hydrogens is 316 g/mol. The lowest BCUT2D eigenvalue weighted by Gasteiger charge is -2.16. The Morgan fingerprint density at radius 3 is 2.28 bits per heavy atom. The topological polar surface area (TPSA) is 47.4 Å². The molecule has 0 aliphatic carbocycles. The van der Waals surface area contributed by atoms with E-state index in [1.807, 2.05) is 38.1 Å². The van der Waals surface area contributed by atoms with Crippen LogP contribution in [0.2, 0.25) is 0 Å². The number of aromatic nitrogens is 2. The Kier molecular flexibility index (Phi) is 5.68. The molecule has 0 bridgehead atoms. The molecule has 0 spiro atoms. The Hall–Kier alpha value is -2.37. The van der Waals surface area contributed by atoms with E-state index in [1.54, 1.807) is 7.11 Å². The maximum absolute atomic E-state index is 5.76. The second-order valence-corrected chi connectivity index (χ2v) is 5.67. The van der Waals surface area contributed by atoms with Gasteiger partial charge in [-0.2, -0.15) is 0 Å². The molecule has 0 radical (unpaired) electrons. The number of nitrogens with one attached hydrogen (secondary N) is 1.